The third-order valence-corrected chi connectivity index (χ3v) is 6.62. The quantitative estimate of drug-likeness (QED) is 0.188. The summed E-state index contributed by atoms with van der Waals surface area (Å²) in [5.41, 5.74) is 3.56. The molecule has 6 nitrogen and oxygen atoms in total. The summed E-state index contributed by atoms with van der Waals surface area (Å²) < 4.78 is 2.10. The zero-order valence-electron chi connectivity index (χ0n) is 21.9. The van der Waals surface area contributed by atoms with E-state index in [0.29, 0.717) is 6.54 Å². The molecule has 0 aliphatic heterocycles. The Morgan fingerprint density at radius 2 is 1.67 bits per heavy atom. The third kappa shape index (κ3) is 8.82. The van der Waals surface area contributed by atoms with Gasteiger partial charge in [-0.25, -0.2) is 0 Å². The minimum absolute atomic E-state index is 0. The average Bonchev–Trinajstić information content (AvgIpc) is 2.87. The van der Waals surface area contributed by atoms with Crippen LogP contribution in [0.5, 0.6) is 5.75 Å². The van der Waals surface area contributed by atoms with Crippen molar-refractivity contribution in [2.24, 2.45) is 0 Å². The second-order valence-corrected chi connectivity index (χ2v) is 9.40. The summed E-state index contributed by atoms with van der Waals surface area (Å²) >= 11 is 0. The first-order valence-electron chi connectivity index (χ1n) is 13.3. The van der Waals surface area contributed by atoms with Crippen molar-refractivity contribution in [2.45, 2.75) is 84.7 Å². The molecule has 3 rings (SSSR count). The fourth-order valence-corrected chi connectivity index (χ4v) is 4.59. The number of halogens is 1. The number of para-hydroxylation sites is 1. The van der Waals surface area contributed by atoms with Crippen LogP contribution in [0.4, 0.5) is 5.69 Å². The van der Waals surface area contributed by atoms with Crippen LogP contribution in [0.3, 0.4) is 0 Å². The van der Waals surface area contributed by atoms with Gasteiger partial charge in [-0.1, -0.05) is 63.6 Å². The van der Waals surface area contributed by atoms with Gasteiger partial charge in [-0.2, -0.15) is 0 Å². The molecule has 0 saturated heterocycles. The number of nitrogens with zero attached hydrogens (tertiary/aromatic N) is 2. The van der Waals surface area contributed by atoms with Gasteiger partial charge in [-0.15, -0.1) is 12.4 Å². The molecule has 3 N–H and O–H groups in total. The molecule has 0 bridgehead atoms. The minimum Gasteiger partial charge on any atom is -0.503 e. The zero-order valence-corrected chi connectivity index (χ0v) is 22.7. The van der Waals surface area contributed by atoms with E-state index in [4.69, 9.17) is 0 Å². The monoisotopic (exact) mass is 514 g/mol. The normalized spacial score (nSPS) is 10.9. The average molecular weight is 515 g/mol. The largest absolute Gasteiger partial charge is 0.503 e. The highest BCUT2D eigenvalue weighted by Crippen LogP contribution is 2.21. The lowest BCUT2D eigenvalue weighted by molar-refractivity contribution is 0.434. The van der Waals surface area contributed by atoms with Gasteiger partial charge in [0.2, 0.25) is 5.43 Å². The van der Waals surface area contributed by atoms with Gasteiger partial charge in [-0.05, 0) is 44.9 Å². The van der Waals surface area contributed by atoms with E-state index in [2.05, 4.69) is 45.3 Å². The van der Waals surface area contributed by atoms with Crippen LogP contribution in [-0.2, 0) is 13.1 Å². The molecule has 3 aromatic rings. The number of unbranched alkanes of at least 4 members (excludes halogenated alkanes) is 7. The highest BCUT2D eigenvalue weighted by atomic mass is 35.5. The maximum atomic E-state index is 12.1. The Morgan fingerprint density at radius 1 is 0.944 bits per heavy atom. The number of pyridine rings is 2. The van der Waals surface area contributed by atoms with Crippen molar-refractivity contribution >= 4 is 29.0 Å². The molecule has 0 aliphatic carbocycles. The number of anilines is 1. The molecule has 0 spiro atoms. The van der Waals surface area contributed by atoms with Crippen LogP contribution in [0.15, 0.2) is 47.4 Å². The summed E-state index contributed by atoms with van der Waals surface area (Å²) in [6, 6.07) is 11.8. The fourth-order valence-electron chi connectivity index (χ4n) is 4.59. The lowest BCUT2D eigenvalue weighted by Gasteiger charge is -2.18. The molecule has 2 heterocycles. The smallest absolute Gasteiger partial charge is 0.223 e. The van der Waals surface area contributed by atoms with Crippen molar-refractivity contribution in [1.29, 1.82) is 0 Å². The Balaban J connectivity index is 0.00000456. The Kier molecular flexibility index (Phi) is 13.4. The van der Waals surface area contributed by atoms with Crippen LogP contribution in [-0.4, -0.2) is 27.7 Å². The van der Waals surface area contributed by atoms with Crippen molar-refractivity contribution in [3.63, 3.8) is 0 Å². The lowest BCUT2D eigenvalue weighted by Crippen LogP contribution is -2.23. The molecule has 0 unspecified atom stereocenters. The molecule has 1 aromatic carbocycles. The molecule has 2 aromatic heterocycles. The molecule has 0 radical (unpaired) electrons. The third-order valence-electron chi connectivity index (χ3n) is 6.62. The van der Waals surface area contributed by atoms with E-state index in [1.165, 1.54) is 31.1 Å². The van der Waals surface area contributed by atoms with Gasteiger partial charge in [0.25, 0.3) is 0 Å². The number of hydrogen-bond donors (Lipinski definition) is 3. The van der Waals surface area contributed by atoms with Gasteiger partial charge in [0.05, 0.1) is 11.2 Å². The topological polar surface area (TPSA) is 79.2 Å². The van der Waals surface area contributed by atoms with E-state index in [9.17, 15) is 9.90 Å². The van der Waals surface area contributed by atoms with Crippen LogP contribution < -0.4 is 16.1 Å². The van der Waals surface area contributed by atoms with E-state index in [1.807, 2.05) is 25.3 Å². The number of fused-ring (bicyclic) bond motifs is 1. The van der Waals surface area contributed by atoms with E-state index >= 15 is 0 Å². The Labute approximate surface area is 222 Å². The summed E-state index contributed by atoms with van der Waals surface area (Å²) in [7, 11) is 0. The van der Waals surface area contributed by atoms with Crippen molar-refractivity contribution in [1.82, 2.24) is 14.9 Å². The first kappa shape index (κ1) is 29.7. The molecule has 0 amide bonds. The summed E-state index contributed by atoms with van der Waals surface area (Å²) in [5, 5.41) is 18.5. The summed E-state index contributed by atoms with van der Waals surface area (Å²) in [4.78, 5) is 16.5. The van der Waals surface area contributed by atoms with Gasteiger partial charge in [0.15, 0.2) is 5.75 Å². The second-order valence-electron chi connectivity index (χ2n) is 9.40. The van der Waals surface area contributed by atoms with Crippen LogP contribution in [0.1, 0.15) is 76.1 Å². The standard InChI is InChI=1S/C29H42N4O2.ClH/c1-3-4-13-20-33-23(2)21-28(34)29(35)27(33)22-30-17-11-7-5-6-8-12-18-31-26-16-19-32-25-15-10-9-14-24(25)26;/h9-10,14-16,19,21,30,35H,3-8,11-13,17-18,20,22H2,1-2H3,(H,31,32);1H. The molecule has 7 heteroatoms. The maximum absolute atomic E-state index is 12.1. The highest BCUT2D eigenvalue weighted by Gasteiger charge is 2.12. The van der Waals surface area contributed by atoms with Crippen molar-refractivity contribution in [3.05, 3.63) is 64.2 Å². The second kappa shape index (κ2) is 16.2. The Hall–Kier alpha value is -2.57. The molecule has 36 heavy (non-hydrogen) atoms. The molecular formula is C29H43ClN4O2. The predicted molar refractivity (Wildman–Crippen MR) is 154 cm³/mol. The van der Waals surface area contributed by atoms with E-state index in [1.54, 1.807) is 6.07 Å². The van der Waals surface area contributed by atoms with E-state index in [-0.39, 0.29) is 23.6 Å². The van der Waals surface area contributed by atoms with Crippen LogP contribution in [0.25, 0.3) is 10.9 Å². The fraction of sp³-hybridized carbons (Fsp3) is 0.517. The molecule has 0 aliphatic rings. The van der Waals surface area contributed by atoms with Crippen molar-refractivity contribution in [2.75, 3.05) is 18.4 Å². The van der Waals surface area contributed by atoms with Crippen molar-refractivity contribution in [3.8, 4) is 5.75 Å². The molecule has 198 valence electrons. The summed E-state index contributed by atoms with van der Waals surface area (Å²) in [6.07, 6.45) is 12.4. The summed E-state index contributed by atoms with van der Waals surface area (Å²) in [5.74, 6) is -0.104. The van der Waals surface area contributed by atoms with E-state index in [0.717, 1.165) is 74.3 Å². The van der Waals surface area contributed by atoms with Gasteiger partial charge >= 0.3 is 0 Å². The number of aromatic hydroxyl groups is 1. The first-order chi connectivity index (χ1) is 17.1. The number of benzene rings is 1. The number of aromatic nitrogens is 2. The predicted octanol–water partition coefficient (Wildman–Crippen LogP) is 6.56. The number of rotatable bonds is 16. The Morgan fingerprint density at radius 3 is 2.44 bits per heavy atom. The van der Waals surface area contributed by atoms with Gasteiger partial charge in [-0.3, -0.25) is 9.78 Å². The zero-order chi connectivity index (χ0) is 24.9. The first-order valence-corrected chi connectivity index (χ1v) is 13.3. The molecule has 0 fully saturated rings. The van der Waals surface area contributed by atoms with Crippen LogP contribution >= 0.6 is 12.4 Å². The van der Waals surface area contributed by atoms with Gasteiger partial charge in [0, 0.05) is 48.7 Å². The lowest BCUT2D eigenvalue weighted by atomic mass is 10.1. The molecular weight excluding hydrogens is 472 g/mol. The van der Waals surface area contributed by atoms with Gasteiger partial charge < -0.3 is 20.3 Å². The van der Waals surface area contributed by atoms with Crippen LogP contribution in [0.2, 0.25) is 0 Å². The maximum Gasteiger partial charge on any atom is 0.223 e. The SMILES string of the molecule is CCCCCn1c(C)cc(=O)c(O)c1CNCCCCCCCCNc1ccnc2ccccc12.Cl. The van der Waals surface area contributed by atoms with Crippen molar-refractivity contribution < 1.29 is 5.11 Å². The Bertz CT molecular complexity index is 1110. The van der Waals surface area contributed by atoms with E-state index < -0.39 is 0 Å². The van der Waals surface area contributed by atoms with Crippen LogP contribution in [0, 0.1) is 6.92 Å². The minimum atomic E-state index is -0.280. The highest BCUT2D eigenvalue weighted by molar-refractivity contribution is 5.90. The summed E-state index contributed by atoms with van der Waals surface area (Å²) in [6.45, 7) is 7.38. The molecule has 0 atom stereocenters. The number of aryl methyl sites for hydroxylation is 1. The van der Waals surface area contributed by atoms with Gasteiger partial charge in [0.1, 0.15) is 0 Å². The number of hydrogen-bond acceptors (Lipinski definition) is 5. The number of nitrogens with one attached hydrogen (secondary N) is 2. The molecule has 0 saturated carbocycles.